The van der Waals surface area contributed by atoms with E-state index in [9.17, 15) is 0 Å². The van der Waals surface area contributed by atoms with E-state index in [0.29, 0.717) is 48.6 Å². The molecule has 0 amide bonds. The predicted molar refractivity (Wildman–Crippen MR) is 92.0 cm³/mol. The molecule has 2 aromatic rings. The van der Waals surface area contributed by atoms with Crippen LogP contribution in [0.2, 0.25) is 0 Å². The van der Waals surface area contributed by atoms with Gasteiger partial charge in [0.15, 0.2) is 11.8 Å². The lowest BCUT2D eigenvalue weighted by atomic mass is 9.96. The van der Waals surface area contributed by atoms with Crippen molar-refractivity contribution < 1.29 is 9.26 Å². The van der Waals surface area contributed by atoms with Crippen molar-refractivity contribution in [3.63, 3.8) is 0 Å². The molecule has 25 heavy (non-hydrogen) atoms. The molecule has 2 aromatic heterocycles. The second-order valence-electron chi connectivity index (χ2n) is 6.34. The van der Waals surface area contributed by atoms with Gasteiger partial charge in [0, 0.05) is 26.2 Å². The Balaban J connectivity index is 1.26. The summed E-state index contributed by atoms with van der Waals surface area (Å²) in [4.78, 5) is 12.9. The summed E-state index contributed by atoms with van der Waals surface area (Å²) in [5.41, 5.74) is 0.683. The first-order valence-corrected chi connectivity index (χ1v) is 8.68. The summed E-state index contributed by atoms with van der Waals surface area (Å²) in [6, 6.07) is 5.94. The van der Waals surface area contributed by atoms with Crippen molar-refractivity contribution in [3.8, 4) is 11.6 Å². The van der Waals surface area contributed by atoms with Crippen molar-refractivity contribution in [1.82, 2.24) is 25.8 Å². The van der Waals surface area contributed by atoms with Crippen LogP contribution in [0.25, 0.3) is 11.6 Å². The molecule has 2 N–H and O–H groups in total. The predicted octanol–water partition coefficient (Wildman–Crippen LogP) is 1.16. The van der Waals surface area contributed by atoms with E-state index in [1.807, 2.05) is 18.2 Å². The van der Waals surface area contributed by atoms with Gasteiger partial charge in [0.1, 0.15) is 5.69 Å². The van der Waals surface area contributed by atoms with E-state index in [-0.39, 0.29) is 0 Å². The number of nitrogens with one attached hydrogen (secondary N) is 2. The van der Waals surface area contributed by atoms with Crippen molar-refractivity contribution >= 4 is 5.96 Å². The van der Waals surface area contributed by atoms with E-state index >= 15 is 0 Å². The van der Waals surface area contributed by atoms with Gasteiger partial charge in [-0.1, -0.05) is 11.2 Å². The molecule has 4 heterocycles. The summed E-state index contributed by atoms with van der Waals surface area (Å²) >= 11 is 0. The molecule has 0 saturated carbocycles. The van der Waals surface area contributed by atoms with Gasteiger partial charge >= 0.3 is 0 Å². The minimum absolute atomic E-state index is 0.321. The fourth-order valence-electron chi connectivity index (χ4n) is 3.40. The number of rotatable bonds is 5. The van der Waals surface area contributed by atoms with Gasteiger partial charge in [-0.15, -0.1) is 0 Å². The van der Waals surface area contributed by atoms with Crippen molar-refractivity contribution in [1.29, 1.82) is 0 Å². The van der Waals surface area contributed by atoms with Crippen LogP contribution in [-0.2, 0) is 11.2 Å². The first kappa shape index (κ1) is 16.0. The molecule has 0 aromatic carbocycles. The number of guanidine groups is 1. The molecule has 2 saturated heterocycles. The van der Waals surface area contributed by atoms with E-state index < -0.39 is 0 Å². The third-order valence-corrected chi connectivity index (χ3v) is 4.64. The van der Waals surface area contributed by atoms with Gasteiger partial charge < -0.3 is 19.9 Å². The highest BCUT2D eigenvalue weighted by molar-refractivity contribution is 5.80. The molecule has 4 rings (SSSR count). The number of ether oxygens (including phenoxy) is 1. The Kier molecular flexibility index (Phi) is 4.60. The van der Waals surface area contributed by atoms with Crippen LogP contribution in [0.5, 0.6) is 0 Å². The van der Waals surface area contributed by atoms with E-state index in [0.717, 1.165) is 18.8 Å². The van der Waals surface area contributed by atoms with Crippen LogP contribution in [0.15, 0.2) is 33.9 Å². The van der Waals surface area contributed by atoms with Gasteiger partial charge in [-0.25, -0.2) is 0 Å². The molecule has 2 bridgehead atoms. The van der Waals surface area contributed by atoms with Gasteiger partial charge in [-0.2, -0.15) is 4.98 Å². The van der Waals surface area contributed by atoms with E-state index in [2.05, 4.69) is 30.8 Å². The SMILES string of the molecule is CN=C(NCCc1noc(-c2ccccn2)n1)NC1CC2CCC1O2. The van der Waals surface area contributed by atoms with Gasteiger partial charge in [0.2, 0.25) is 0 Å². The van der Waals surface area contributed by atoms with Crippen molar-refractivity contribution in [3.05, 3.63) is 30.2 Å². The van der Waals surface area contributed by atoms with Gasteiger partial charge in [-0.3, -0.25) is 9.98 Å². The molecule has 2 aliphatic heterocycles. The lowest BCUT2D eigenvalue weighted by Crippen LogP contribution is -2.47. The number of pyridine rings is 1. The molecule has 3 unspecified atom stereocenters. The van der Waals surface area contributed by atoms with Crippen molar-refractivity contribution in [2.75, 3.05) is 13.6 Å². The zero-order valence-corrected chi connectivity index (χ0v) is 14.2. The quantitative estimate of drug-likeness (QED) is 0.621. The van der Waals surface area contributed by atoms with Crippen molar-refractivity contribution in [2.45, 2.75) is 43.9 Å². The number of aromatic nitrogens is 3. The zero-order valence-electron chi connectivity index (χ0n) is 14.2. The second-order valence-corrected chi connectivity index (χ2v) is 6.34. The maximum atomic E-state index is 5.87. The van der Waals surface area contributed by atoms with E-state index in [4.69, 9.17) is 9.26 Å². The molecule has 8 heteroatoms. The van der Waals surface area contributed by atoms with Crippen LogP contribution in [0.3, 0.4) is 0 Å². The Hall–Kier alpha value is -2.48. The van der Waals surface area contributed by atoms with Crippen LogP contribution in [0.1, 0.15) is 25.1 Å². The zero-order chi connectivity index (χ0) is 17.1. The Bertz CT molecular complexity index is 732. The van der Waals surface area contributed by atoms with E-state index in [1.165, 1.54) is 6.42 Å². The summed E-state index contributed by atoms with van der Waals surface area (Å²) in [7, 11) is 1.77. The Morgan fingerprint density at radius 1 is 1.36 bits per heavy atom. The molecule has 132 valence electrons. The average Bonchev–Trinajstić information content (AvgIpc) is 3.38. The lowest BCUT2D eigenvalue weighted by molar-refractivity contribution is 0.0992. The first-order valence-electron chi connectivity index (χ1n) is 8.68. The summed E-state index contributed by atoms with van der Waals surface area (Å²) in [5, 5.41) is 10.8. The highest BCUT2D eigenvalue weighted by atomic mass is 16.5. The fourth-order valence-corrected chi connectivity index (χ4v) is 3.40. The number of aliphatic imine (C=N–C) groups is 1. The Morgan fingerprint density at radius 2 is 2.32 bits per heavy atom. The van der Waals surface area contributed by atoms with Crippen LogP contribution in [-0.4, -0.2) is 52.9 Å². The van der Waals surface area contributed by atoms with Gasteiger partial charge in [-0.05, 0) is 31.4 Å². The minimum atomic E-state index is 0.321. The number of nitrogens with zero attached hydrogens (tertiary/aromatic N) is 4. The van der Waals surface area contributed by atoms with Gasteiger partial charge in [0.25, 0.3) is 5.89 Å². The Labute approximate surface area is 146 Å². The third-order valence-electron chi connectivity index (χ3n) is 4.64. The van der Waals surface area contributed by atoms with Crippen molar-refractivity contribution in [2.24, 2.45) is 4.99 Å². The second kappa shape index (κ2) is 7.18. The third kappa shape index (κ3) is 3.63. The smallest absolute Gasteiger partial charge is 0.276 e. The maximum absolute atomic E-state index is 5.87. The normalized spacial score (nSPS) is 25.3. The number of hydrogen-bond donors (Lipinski definition) is 2. The highest BCUT2D eigenvalue weighted by Gasteiger charge is 2.41. The van der Waals surface area contributed by atoms with Gasteiger partial charge in [0.05, 0.1) is 18.2 Å². The summed E-state index contributed by atoms with van der Waals surface area (Å²) in [6.45, 7) is 0.669. The molecular weight excluding hydrogens is 320 g/mol. The molecule has 0 spiro atoms. The summed E-state index contributed by atoms with van der Waals surface area (Å²) in [6.07, 6.45) is 6.47. The molecule has 2 aliphatic rings. The molecule has 2 fully saturated rings. The average molecular weight is 342 g/mol. The molecule has 8 nitrogen and oxygen atoms in total. The topological polar surface area (TPSA) is 97.5 Å². The maximum Gasteiger partial charge on any atom is 0.276 e. The number of fused-ring (bicyclic) bond motifs is 2. The van der Waals surface area contributed by atoms with E-state index in [1.54, 1.807) is 13.2 Å². The highest BCUT2D eigenvalue weighted by Crippen LogP contribution is 2.34. The van der Waals surface area contributed by atoms with Crippen LogP contribution in [0.4, 0.5) is 0 Å². The lowest BCUT2D eigenvalue weighted by Gasteiger charge is -2.22. The largest absolute Gasteiger partial charge is 0.373 e. The fraction of sp³-hybridized carbons (Fsp3) is 0.529. The molecular formula is C17H22N6O2. The molecule has 0 aliphatic carbocycles. The van der Waals surface area contributed by atoms with Crippen LogP contribution >= 0.6 is 0 Å². The standard InChI is InChI=1S/C17H22N6O2/c1-18-17(21-13-10-11-5-6-14(13)24-11)20-9-7-15-22-16(25-23-15)12-4-2-3-8-19-12/h2-4,8,11,13-14H,5-7,9-10H2,1H3,(H2,18,20,21). The molecule has 3 atom stereocenters. The Morgan fingerprint density at radius 3 is 3.04 bits per heavy atom. The monoisotopic (exact) mass is 342 g/mol. The summed E-state index contributed by atoms with van der Waals surface area (Å²) in [5.74, 6) is 1.87. The van der Waals surface area contributed by atoms with Crippen LogP contribution < -0.4 is 10.6 Å². The minimum Gasteiger partial charge on any atom is -0.373 e. The number of hydrogen-bond acceptors (Lipinski definition) is 6. The molecule has 0 radical (unpaired) electrons. The summed E-state index contributed by atoms with van der Waals surface area (Å²) < 4.78 is 11.1. The first-order chi connectivity index (χ1) is 12.3. The van der Waals surface area contributed by atoms with Crippen LogP contribution in [0, 0.1) is 0 Å².